The van der Waals surface area contributed by atoms with Crippen LogP contribution in [0.15, 0.2) is 22.7 Å². The Balaban J connectivity index is 1.55. The van der Waals surface area contributed by atoms with Gasteiger partial charge in [-0.3, -0.25) is 4.68 Å². The van der Waals surface area contributed by atoms with Crippen molar-refractivity contribution in [2.45, 2.75) is 58.8 Å². The fraction of sp³-hybridized carbons (Fsp3) is 0.407. The van der Waals surface area contributed by atoms with Crippen molar-refractivity contribution in [1.29, 1.82) is 0 Å². The number of ether oxygens (including phenoxy) is 1. The van der Waals surface area contributed by atoms with E-state index in [-0.39, 0.29) is 0 Å². The van der Waals surface area contributed by atoms with Gasteiger partial charge in [0.2, 0.25) is 0 Å². The molecule has 0 amide bonds. The summed E-state index contributed by atoms with van der Waals surface area (Å²) in [4.78, 5) is 13.5. The molecule has 8 nitrogen and oxygen atoms in total. The molecule has 1 aromatic carbocycles. The summed E-state index contributed by atoms with van der Waals surface area (Å²) in [5.74, 6) is 3.03. The molecule has 1 N–H and O–H groups in total. The Morgan fingerprint density at radius 3 is 2.69 bits per heavy atom. The number of hydrogen-bond donors (Lipinski definition) is 1. The van der Waals surface area contributed by atoms with Gasteiger partial charge in [-0.25, -0.2) is 9.97 Å². The predicted octanol–water partition coefficient (Wildman–Crippen LogP) is 5.55. The molecule has 6 rings (SSSR count). The summed E-state index contributed by atoms with van der Waals surface area (Å²) in [5.41, 5.74) is 7.98. The second-order valence-corrected chi connectivity index (χ2v) is 9.62. The average Bonchev–Trinajstić information content (AvgIpc) is 3.42. The molecule has 1 saturated carbocycles. The third-order valence-electron chi connectivity index (χ3n) is 7.01. The molecule has 4 aromatic heterocycles. The molecule has 1 fully saturated rings. The Morgan fingerprint density at radius 1 is 1.17 bits per heavy atom. The highest BCUT2D eigenvalue weighted by Gasteiger charge is 2.27. The third kappa shape index (κ3) is 3.68. The minimum atomic E-state index is 0.621. The number of aryl methyl sites for hydroxylation is 4. The van der Waals surface area contributed by atoms with Crippen LogP contribution >= 0.6 is 0 Å². The molecule has 35 heavy (non-hydrogen) atoms. The smallest absolute Gasteiger partial charge is 0.142 e. The van der Waals surface area contributed by atoms with E-state index in [4.69, 9.17) is 24.3 Å². The minimum absolute atomic E-state index is 0.621. The van der Waals surface area contributed by atoms with Crippen LogP contribution in [0.3, 0.4) is 0 Å². The van der Waals surface area contributed by atoms with Gasteiger partial charge in [0.25, 0.3) is 0 Å². The number of fused-ring (bicyclic) bond motifs is 3. The van der Waals surface area contributed by atoms with Gasteiger partial charge < -0.3 is 14.2 Å². The largest absolute Gasteiger partial charge is 0.496 e. The number of benzene rings is 1. The average molecular weight is 471 g/mol. The van der Waals surface area contributed by atoms with Crippen LogP contribution in [-0.2, 0) is 19.9 Å². The molecule has 5 aromatic rings. The quantitative estimate of drug-likeness (QED) is 0.335. The van der Waals surface area contributed by atoms with Crippen LogP contribution in [0.5, 0.6) is 5.75 Å². The molecule has 0 saturated heterocycles. The molecule has 0 aliphatic heterocycles. The summed E-state index contributed by atoms with van der Waals surface area (Å²) < 4.78 is 13.3. The molecule has 8 heteroatoms. The lowest BCUT2D eigenvalue weighted by molar-refractivity contribution is 0.393. The van der Waals surface area contributed by atoms with Gasteiger partial charge in [0.15, 0.2) is 0 Å². The van der Waals surface area contributed by atoms with E-state index in [2.05, 4.69) is 35.3 Å². The van der Waals surface area contributed by atoms with Gasteiger partial charge in [-0.15, -0.1) is 0 Å². The first-order chi connectivity index (χ1) is 17.0. The van der Waals surface area contributed by atoms with E-state index in [0.29, 0.717) is 12.3 Å². The first-order valence-corrected chi connectivity index (χ1v) is 12.3. The van der Waals surface area contributed by atoms with Crippen LogP contribution in [0.25, 0.3) is 33.1 Å². The van der Waals surface area contributed by atoms with Crippen LogP contribution in [0.4, 0.5) is 0 Å². The molecule has 180 valence electrons. The number of rotatable bonds is 7. The maximum absolute atomic E-state index is 5.84. The number of methoxy groups -OCH3 is 1. The first-order valence-electron chi connectivity index (χ1n) is 12.3. The second kappa shape index (κ2) is 8.22. The topological polar surface area (TPSA) is 94.7 Å². The summed E-state index contributed by atoms with van der Waals surface area (Å²) in [6.45, 7) is 6.03. The molecule has 0 atom stereocenters. The number of aromatic nitrogens is 6. The third-order valence-corrected chi connectivity index (χ3v) is 7.01. The van der Waals surface area contributed by atoms with Gasteiger partial charge in [-0.1, -0.05) is 12.1 Å². The molecule has 0 spiro atoms. The summed E-state index contributed by atoms with van der Waals surface area (Å²) in [6, 6.07) is 6.44. The number of nitrogens with zero attached hydrogens (tertiary/aromatic N) is 5. The van der Waals surface area contributed by atoms with Crippen LogP contribution in [0, 0.1) is 13.8 Å². The van der Waals surface area contributed by atoms with Gasteiger partial charge in [-0.2, -0.15) is 5.10 Å². The van der Waals surface area contributed by atoms with Crippen molar-refractivity contribution >= 4 is 21.9 Å². The zero-order valence-corrected chi connectivity index (χ0v) is 20.9. The van der Waals surface area contributed by atoms with Crippen molar-refractivity contribution in [3.05, 3.63) is 52.6 Å². The Kier molecular flexibility index (Phi) is 5.12. The molecule has 1 aliphatic rings. The summed E-state index contributed by atoms with van der Waals surface area (Å²) in [5, 5.41) is 11.0. The van der Waals surface area contributed by atoms with Gasteiger partial charge in [0.1, 0.15) is 23.0 Å². The van der Waals surface area contributed by atoms with E-state index in [1.54, 1.807) is 7.11 Å². The van der Waals surface area contributed by atoms with Crippen LogP contribution in [-0.4, -0.2) is 37.0 Å². The van der Waals surface area contributed by atoms with Crippen LogP contribution < -0.4 is 4.74 Å². The maximum Gasteiger partial charge on any atom is 0.142 e. The number of nitrogens with one attached hydrogen (secondary N) is 1. The Bertz CT molecular complexity index is 1550. The lowest BCUT2D eigenvalue weighted by Crippen LogP contribution is -2.05. The SMILES string of the molecule is CCCc1nc(Cc2cc(C3CC3)nn2C)c2c(n1)[nH]c1cc(-c3c(C)noc3C)c(OC)cc12. The molecule has 0 unspecified atom stereocenters. The number of hydrogen-bond acceptors (Lipinski definition) is 6. The highest BCUT2D eigenvalue weighted by molar-refractivity contribution is 6.09. The van der Waals surface area contributed by atoms with E-state index in [0.717, 1.165) is 74.6 Å². The van der Waals surface area contributed by atoms with Gasteiger partial charge in [0.05, 0.1) is 29.8 Å². The standard InChI is InChI=1S/C27H30N6O2/c1-6-7-24-28-22(11-17-10-20(16-8-9-16)31-33(17)4)26-18-13-23(34-5)19(12-21(18)29-27(26)30-24)25-14(2)32-35-15(25)3/h10,12-13,16H,6-9,11H2,1-5H3,(H,28,29,30). The molecule has 0 radical (unpaired) electrons. The van der Waals surface area contributed by atoms with Crippen LogP contribution in [0.1, 0.15) is 66.5 Å². The van der Waals surface area contributed by atoms with E-state index in [9.17, 15) is 0 Å². The van der Waals surface area contributed by atoms with Crippen molar-refractivity contribution in [2.24, 2.45) is 7.05 Å². The Morgan fingerprint density at radius 2 is 2.00 bits per heavy atom. The summed E-state index contributed by atoms with van der Waals surface area (Å²) >= 11 is 0. The van der Waals surface area contributed by atoms with Gasteiger partial charge in [0, 0.05) is 53.4 Å². The lowest BCUT2D eigenvalue weighted by atomic mass is 10.00. The molecule has 0 bridgehead atoms. The molecule has 1 aliphatic carbocycles. The molecular formula is C27H30N6O2. The summed E-state index contributed by atoms with van der Waals surface area (Å²) in [7, 11) is 3.73. The molecule has 4 heterocycles. The van der Waals surface area contributed by atoms with E-state index in [1.807, 2.05) is 25.6 Å². The molecular weight excluding hydrogens is 440 g/mol. The van der Waals surface area contributed by atoms with Crippen molar-refractivity contribution in [3.8, 4) is 16.9 Å². The lowest BCUT2D eigenvalue weighted by Gasteiger charge is -2.10. The van der Waals surface area contributed by atoms with Crippen molar-refractivity contribution in [3.63, 3.8) is 0 Å². The van der Waals surface area contributed by atoms with Crippen LogP contribution in [0.2, 0.25) is 0 Å². The highest BCUT2D eigenvalue weighted by atomic mass is 16.5. The Labute approximate surface area is 203 Å². The minimum Gasteiger partial charge on any atom is -0.496 e. The number of aromatic amines is 1. The first kappa shape index (κ1) is 21.8. The Hall–Kier alpha value is -3.68. The fourth-order valence-corrected chi connectivity index (χ4v) is 5.09. The van der Waals surface area contributed by atoms with Crippen molar-refractivity contribution in [1.82, 2.24) is 29.9 Å². The van der Waals surface area contributed by atoms with Gasteiger partial charge in [-0.05, 0) is 51.3 Å². The van der Waals surface area contributed by atoms with Crippen molar-refractivity contribution < 1.29 is 9.26 Å². The predicted molar refractivity (Wildman–Crippen MR) is 135 cm³/mol. The van der Waals surface area contributed by atoms with Crippen molar-refractivity contribution in [2.75, 3.05) is 7.11 Å². The zero-order chi connectivity index (χ0) is 24.3. The van der Waals surface area contributed by atoms with E-state index in [1.165, 1.54) is 24.2 Å². The second-order valence-electron chi connectivity index (χ2n) is 9.62. The number of H-pyrrole nitrogens is 1. The maximum atomic E-state index is 5.84. The fourth-order valence-electron chi connectivity index (χ4n) is 5.09. The summed E-state index contributed by atoms with van der Waals surface area (Å²) in [6.07, 6.45) is 5.01. The highest BCUT2D eigenvalue weighted by Crippen LogP contribution is 2.41. The zero-order valence-electron chi connectivity index (χ0n) is 20.9. The monoisotopic (exact) mass is 470 g/mol. The van der Waals surface area contributed by atoms with E-state index < -0.39 is 0 Å². The normalized spacial score (nSPS) is 13.9. The van der Waals surface area contributed by atoms with Gasteiger partial charge >= 0.3 is 0 Å². The van der Waals surface area contributed by atoms with E-state index >= 15 is 0 Å².